The Morgan fingerprint density at radius 2 is 1.72 bits per heavy atom. The normalized spacial score (nSPS) is 21.2. The second-order valence-electron chi connectivity index (χ2n) is 14.3. The number of ether oxygens (including phenoxy) is 4. The maximum atomic E-state index is 13.3. The Kier molecular flexibility index (Phi) is 14.2. The summed E-state index contributed by atoms with van der Waals surface area (Å²) in [5.41, 5.74) is 4.20. The number of likely N-dealkylation sites (N-methyl/N-ethyl adjacent to an activating group) is 1. The number of hydrogen-bond acceptors (Lipinski definition) is 9. The minimum atomic E-state index is -0.480. The van der Waals surface area contributed by atoms with Crippen LogP contribution in [0.25, 0.3) is 0 Å². The highest BCUT2D eigenvalue weighted by atomic mass is 35.5. The number of thioether (sulfide) groups is 2. The second kappa shape index (κ2) is 19.0. The number of unbranched alkanes of at least 4 members (excludes halogenated alkanes) is 1. The summed E-state index contributed by atoms with van der Waals surface area (Å²) >= 11 is 10.9. The van der Waals surface area contributed by atoms with Crippen LogP contribution in [0.5, 0.6) is 11.5 Å². The van der Waals surface area contributed by atoms with Crippen LogP contribution in [-0.4, -0.2) is 74.7 Å². The van der Waals surface area contributed by atoms with Gasteiger partial charge in [-0.1, -0.05) is 78.7 Å². The highest BCUT2D eigenvalue weighted by Gasteiger charge is 2.57. The molecule has 2 bridgehead atoms. The van der Waals surface area contributed by atoms with Gasteiger partial charge in [0.15, 0.2) is 23.0 Å². The van der Waals surface area contributed by atoms with E-state index in [0.29, 0.717) is 40.4 Å². The van der Waals surface area contributed by atoms with E-state index in [1.807, 2.05) is 35.7 Å². The molecule has 0 spiro atoms. The minimum Gasteiger partial charge on any atom is -0.493 e. The van der Waals surface area contributed by atoms with Gasteiger partial charge in [0, 0.05) is 63.6 Å². The van der Waals surface area contributed by atoms with Gasteiger partial charge in [0.2, 0.25) is 0 Å². The van der Waals surface area contributed by atoms with Crippen molar-refractivity contribution >= 4 is 46.9 Å². The van der Waals surface area contributed by atoms with Gasteiger partial charge < -0.3 is 23.8 Å². The lowest BCUT2D eigenvalue weighted by Gasteiger charge is -2.56. The summed E-state index contributed by atoms with van der Waals surface area (Å²) in [5.74, 6) is 4.54. The molecule has 0 radical (unpaired) electrons. The van der Waals surface area contributed by atoms with Crippen LogP contribution in [0.2, 0.25) is 5.02 Å². The van der Waals surface area contributed by atoms with Crippen LogP contribution >= 0.6 is 35.1 Å². The number of allylic oxidation sites excluding steroid dienone is 1. The molecule has 284 valence electrons. The van der Waals surface area contributed by atoms with Crippen LogP contribution in [0.15, 0.2) is 78.6 Å². The van der Waals surface area contributed by atoms with E-state index in [4.69, 9.17) is 30.5 Å². The molecule has 4 atom stereocenters. The van der Waals surface area contributed by atoms with E-state index in [-0.39, 0.29) is 36.9 Å². The number of hydrogen-bond donors (Lipinski definition) is 0. The Labute approximate surface area is 328 Å². The van der Waals surface area contributed by atoms with E-state index in [2.05, 4.69) is 72.6 Å². The van der Waals surface area contributed by atoms with Crippen molar-refractivity contribution in [2.45, 2.75) is 79.6 Å². The number of rotatable bonds is 19. The SMILES string of the molecule is COC1=CC2[C@@H]3Cc4c(Cl)cc(OC)c(OCCOC(=O)CCCCC(CCSCc5ccccc5)SCc5ccccc5)c4[C@]2(CCN3C)CC1=O. The van der Waals surface area contributed by atoms with Crippen LogP contribution in [0, 0.1) is 5.92 Å². The Morgan fingerprint density at radius 3 is 2.43 bits per heavy atom. The predicted molar refractivity (Wildman–Crippen MR) is 216 cm³/mol. The summed E-state index contributed by atoms with van der Waals surface area (Å²) in [6, 6.07) is 23.3. The van der Waals surface area contributed by atoms with E-state index in [0.717, 1.165) is 73.5 Å². The Morgan fingerprint density at radius 1 is 0.981 bits per heavy atom. The molecule has 0 saturated carbocycles. The fourth-order valence-electron chi connectivity index (χ4n) is 8.27. The molecule has 3 aliphatic rings. The molecule has 7 nitrogen and oxygen atoms in total. The molecule has 0 amide bonds. The van der Waals surface area contributed by atoms with Crippen LogP contribution in [0.3, 0.4) is 0 Å². The van der Waals surface area contributed by atoms with Crippen molar-refractivity contribution in [3.05, 3.63) is 106 Å². The third-order valence-electron chi connectivity index (χ3n) is 11.0. The summed E-state index contributed by atoms with van der Waals surface area (Å²) < 4.78 is 23.4. The molecular formula is C43H52ClNO6S2. The van der Waals surface area contributed by atoms with E-state index < -0.39 is 5.41 Å². The number of likely N-dealkylation sites (tertiary alicyclic amines) is 1. The summed E-state index contributed by atoms with van der Waals surface area (Å²) in [6.45, 7) is 1.16. The number of methoxy groups -OCH3 is 2. The lowest BCUT2D eigenvalue weighted by molar-refractivity contribution is -0.144. The maximum absolute atomic E-state index is 13.3. The largest absolute Gasteiger partial charge is 0.493 e. The summed E-state index contributed by atoms with van der Waals surface area (Å²) in [6.07, 6.45) is 8.22. The van der Waals surface area contributed by atoms with Crippen molar-refractivity contribution in [1.82, 2.24) is 4.90 Å². The molecule has 1 aliphatic heterocycles. The zero-order chi connectivity index (χ0) is 37.2. The number of fused-ring (bicyclic) bond motifs is 1. The smallest absolute Gasteiger partial charge is 0.305 e. The van der Waals surface area contributed by atoms with Gasteiger partial charge in [-0.05, 0) is 74.2 Å². The van der Waals surface area contributed by atoms with Crippen molar-refractivity contribution in [1.29, 1.82) is 0 Å². The monoisotopic (exact) mass is 777 g/mol. The molecule has 6 rings (SSSR count). The number of Topliss-reactive ketones (excluding diaryl/α,β-unsaturated/α-hetero) is 1. The fourth-order valence-corrected chi connectivity index (χ4v) is 11.0. The van der Waals surface area contributed by atoms with E-state index in [1.54, 1.807) is 14.2 Å². The van der Waals surface area contributed by atoms with Gasteiger partial charge in [0.25, 0.3) is 0 Å². The van der Waals surface area contributed by atoms with Crippen molar-refractivity contribution in [2.24, 2.45) is 5.92 Å². The minimum absolute atomic E-state index is 0.0122. The molecular weight excluding hydrogens is 726 g/mol. The molecule has 3 aromatic carbocycles. The third-order valence-corrected chi connectivity index (χ3v) is 13.9. The zero-order valence-electron chi connectivity index (χ0n) is 31.2. The molecule has 1 fully saturated rings. The third kappa shape index (κ3) is 9.59. The van der Waals surface area contributed by atoms with Crippen molar-refractivity contribution in [2.75, 3.05) is 46.8 Å². The Balaban J connectivity index is 1.01. The molecule has 0 N–H and O–H groups in total. The molecule has 0 aromatic heterocycles. The first-order chi connectivity index (χ1) is 25.8. The van der Waals surface area contributed by atoms with Crippen molar-refractivity contribution in [3.63, 3.8) is 0 Å². The number of piperidine rings is 1. The van der Waals surface area contributed by atoms with E-state index >= 15 is 0 Å². The summed E-state index contributed by atoms with van der Waals surface area (Å²) in [5, 5.41) is 1.16. The first-order valence-corrected chi connectivity index (χ1v) is 21.4. The van der Waals surface area contributed by atoms with Gasteiger partial charge in [-0.3, -0.25) is 9.59 Å². The number of carbonyl (C=O) groups is 2. The average molecular weight is 778 g/mol. The number of nitrogens with zero attached hydrogens (tertiary/aromatic N) is 1. The summed E-state index contributed by atoms with van der Waals surface area (Å²) in [4.78, 5) is 28.5. The average Bonchev–Trinajstić information content (AvgIpc) is 3.17. The number of carbonyl (C=O) groups excluding carboxylic acids is 2. The Bertz CT molecular complexity index is 1720. The fraction of sp³-hybridized carbons (Fsp3) is 0.488. The standard InChI is InChI=1S/C43H52ClNO6S2/c1-45-20-19-43-27-37(46)38(48-2)25-34(43)36(45)24-33-35(44)26-39(49-3)42(41(33)43)51-22-21-50-40(47)17-11-10-16-32(53-29-31-14-8-5-9-15-31)18-23-52-28-30-12-6-4-7-13-30/h4-9,12-15,25-26,32,34,36H,10-11,16-24,27-29H2,1-3H3/t32?,34?,36-,43+/m0/s1. The lowest BCUT2D eigenvalue weighted by atomic mass is 9.53. The van der Waals surface area contributed by atoms with Crippen LogP contribution < -0.4 is 9.47 Å². The van der Waals surface area contributed by atoms with Gasteiger partial charge in [-0.15, -0.1) is 0 Å². The van der Waals surface area contributed by atoms with Gasteiger partial charge in [-0.25, -0.2) is 0 Å². The highest BCUT2D eigenvalue weighted by Crippen LogP contribution is 2.59. The maximum Gasteiger partial charge on any atom is 0.305 e. The van der Waals surface area contributed by atoms with Gasteiger partial charge >= 0.3 is 5.97 Å². The first-order valence-electron chi connectivity index (χ1n) is 18.8. The quantitative estimate of drug-likeness (QED) is 0.0876. The van der Waals surface area contributed by atoms with Crippen molar-refractivity contribution < 1.29 is 28.5 Å². The van der Waals surface area contributed by atoms with Crippen LogP contribution in [-0.2, 0) is 42.4 Å². The first kappa shape index (κ1) is 39.6. The van der Waals surface area contributed by atoms with Gasteiger partial charge in [0.05, 0.1) is 14.2 Å². The zero-order valence-corrected chi connectivity index (χ0v) is 33.5. The summed E-state index contributed by atoms with van der Waals surface area (Å²) in [7, 11) is 5.30. The molecule has 3 aromatic rings. The molecule has 2 aliphatic carbocycles. The topological polar surface area (TPSA) is 74.3 Å². The van der Waals surface area contributed by atoms with E-state index in [1.165, 1.54) is 11.1 Å². The van der Waals surface area contributed by atoms with Crippen LogP contribution in [0.1, 0.15) is 67.2 Å². The van der Waals surface area contributed by atoms with Gasteiger partial charge in [0.1, 0.15) is 13.2 Å². The molecule has 2 unspecified atom stereocenters. The number of ketones is 1. The predicted octanol–water partition coefficient (Wildman–Crippen LogP) is 9.07. The highest BCUT2D eigenvalue weighted by molar-refractivity contribution is 7.99. The lowest BCUT2D eigenvalue weighted by Crippen LogP contribution is -2.60. The number of halogens is 1. The number of benzene rings is 3. The molecule has 1 saturated heterocycles. The molecule has 1 heterocycles. The van der Waals surface area contributed by atoms with Gasteiger partial charge in [-0.2, -0.15) is 23.5 Å². The molecule has 10 heteroatoms. The van der Waals surface area contributed by atoms with Crippen molar-refractivity contribution in [3.8, 4) is 11.5 Å². The van der Waals surface area contributed by atoms with Crippen LogP contribution in [0.4, 0.5) is 0 Å². The Hall–Kier alpha value is -3.11. The number of esters is 1. The molecule has 53 heavy (non-hydrogen) atoms. The second-order valence-corrected chi connectivity index (χ2v) is 17.1. The van der Waals surface area contributed by atoms with E-state index in [9.17, 15) is 9.59 Å².